The molecule has 1 aliphatic heterocycles. The quantitative estimate of drug-likeness (QED) is 0.500. The number of aliphatic imine (C=N–C) groups is 1. The van der Waals surface area contributed by atoms with Crippen LogP contribution in [0.15, 0.2) is 83.5 Å². The number of amides is 1. The fourth-order valence-electron chi connectivity index (χ4n) is 3.41. The third-order valence-electron chi connectivity index (χ3n) is 5.03. The lowest BCUT2D eigenvalue weighted by Gasteiger charge is -2.19. The monoisotopic (exact) mass is 428 g/mol. The van der Waals surface area contributed by atoms with Crippen LogP contribution in [0.25, 0.3) is 6.08 Å². The minimum Gasteiger partial charge on any atom is -0.497 e. The van der Waals surface area contributed by atoms with Gasteiger partial charge in [-0.2, -0.15) is 0 Å². The van der Waals surface area contributed by atoms with Crippen LogP contribution in [0.4, 0.5) is 5.69 Å². The first-order chi connectivity index (χ1) is 15.6. The van der Waals surface area contributed by atoms with Gasteiger partial charge < -0.3 is 14.2 Å². The number of hydrogen-bond acceptors (Lipinski definition) is 5. The topological polar surface area (TPSA) is 60.4 Å². The molecule has 4 rings (SSSR count). The standard InChI is InChI=1S/C26H24N2O4/c1-4-32-23-11-5-18(6-12-23)17-24-26(29)28(20-9-15-22(31-3)16-10-20)25(27-24)19-7-13-21(30-2)14-8-19/h5-17H,4H2,1-3H3/b24-17+. The summed E-state index contributed by atoms with van der Waals surface area (Å²) in [6.07, 6.45) is 1.78. The maximum Gasteiger partial charge on any atom is 0.282 e. The van der Waals surface area contributed by atoms with Crippen LogP contribution in [0.2, 0.25) is 0 Å². The van der Waals surface area contributed by atoms with Crippen molar-refractivity contribution in [3.05, 3.63) is 89.6 Å². The summed E-state index contributed by atoms with van der Waals surface area (Å²) < 4.78 is 16.0. The summed E-state index contributed by atoms with van der Waals surface area (Å²) in [5.41, 5.74) is 2.74. The largest absolute Gasteiger partial charge is 0.497 e. The number of benzene rings is 3. The van der Waals surface area contributed by atoms with Gasteiger partial charge in [0.25, 0.3) is 5.91 Å². The highest BCUT2D eigenvalue weighted by molar-refractivity contribution is 6.33. The summed E-state index contributed by atoms with van der Waals surface area (Å²) in [5.74, 6) is 2.60. The van der Waals surface area contributed by atoms with E-state index >= 15 is 0 Å². The Morgan fingerprint density at radius 2 is 1.38 bits per heavy atom. The number of amidine groups is 1. The van der Waals surface area contributed by atoms with E-state index in [0.717, 1.165) is 22.6 Å². The van der Waals surface area contributed by atoms with Gasteiger partial charge in [-0.15, -0.1) is 0 Å². The van der Waals surface area contributed by atoms with Gasteiger partial charge in [-0.05, 0) is 79.2 Å². The highest BCUT2D eigenvalue weighted by atomic mass is 16.5. The Morgan fingerprint density at radius 3 is 1.94 bits per heavy atom. The van der Waals surface area contributed by atoms with Crippen LogP contribution in [0.5, 0.6) is 17.2 Å². The zero-order valence-electron chi connectivity index (χ0n) is 18.2. The molecule has 0 fully saturated rings. The molecule has 1 aliphatic rings. The maximum atomic E-state index is 13.4. The summed E-state index contributed by atoms with van der Waals surface area (Å²) in [5, 5.41) is 0. The number of carbonyl (C=O) groups excluding carboxylic acids is 1. The van der Waals surface area contributed by atoms with E-state index in [1.54, 1.807) is 25.2 Å². The van der Waals surface area contributed by atoms with E-state index < -0.39 is 0 Å². The zero-order chi connectivity index (χ0) is 22.5. The number of carbonyl (C=O) groups is 1. The number of anilines is 1. The van der Waals surface area contributed by atoms with Crippen LogP contribution in [-0.2, 0) is 4.79 Å². The third-order valence-corrected chi connectivity index (χ3v) is 5.03. The van der Waals surface area contributed by atoms with Crippen molar-refractivity contribution in [2.24, 2.45) is 4.99 Å². The number of nitrogens with zero attached hydrogens (tertiary/aromatic N) is 2. The van der Waals surface area contributed by atoms with Gasteiger partial charge in [0, 0.05) is 5.56 Å². The molecule has 0 spiro atoms. The molecule has 6 nitrogen and oxygen atoms in total. The van der Waals surface area contributed by atoms with Gasteiger partial charge in [0.2, 0.25) is 0 Å². The molecule has 32 heavy (non-hydrogen) atoms. The second-order valence-electron chi connectivity index (χ2n) is 7.03. The molecule has 0 atom stereocenters. The van der Waals surface area contributed by atoms with Crippen molar-refractivity contribution >= 4 is 23.5 Å². The molecule has 1 heterocycles. The number of rotatable bonds is 7. The molecule has 0 saturated heterocycles. The molecule has 0 aromatic heterocycles. The fraction of sp³-hybridized carbons (Fsp3) is 0.154. The highest BCUT2D eigenvalue weighted by Gasteiger charge is 2.32. The molecular weight excluding hydrogens is 404 g/mol. The average molecular weight is 428 g/mol. The fourth-order valence-corrected chi connectivity index (χ4v) is 3.41. The SMILES string of the molecule is CCOc1ccc(/C=C2/N=C(c3ccc(OC)cc3)N(c3ccc(OC)cc3)C2=O)cc1. The molecule has 0 bridgehead atoms. The lowest BCUT2D eigenvalue weighted by Crippen LogP contribution is -2.32. The minimum absolute atomic E-state index is 0.199. The molecule has 3 aromatic carbocycles. The Balaban J connectivity index is 1.74. The maximum absolute atomic E-state index is 13.4. The summed E-state index contributed by atoms with van der Waals surface area (Å²) in [7, 11) is 3.23. The van der Waals surface area contributed by atoms with Crippen LogP contribution < -0.4 is 19.1 Å². The zero-order valence-corrected chi connectivity index (χ0v) is 18.2. The molecule has 0 saturated carbocycles. The van der Waals surface area contributed by atoms with E-state index in [-0.39, 0.29) is 5.91 Å². The van der Waals surface area contributed by atoms with Crippen LogP contribution in [0, 0.1) is 0 Å². The molecular formula is C26H24N2O4. The molecule has 0 aliphatic carbocycles. The highest BCUT2D eigenvalue weighted by Crippen LogP contribution is 2.30. The molecule has 1 amide bonds. The van der Waals surface area contributed by atoms with Crippen molar-refractivity contribution in [3.63, 3.8) is 0 Å². The summed E-state index contributed by atoms with van der Waals surface area (Å²) >= 11 is 0. The van der Waals surface area contributed by atoms with Gasteiger partial charge in [0.05, 0.1) is 26.5 Å². The second kappa shape index (κ2) is 9.39. The van der Waals surface area contributed by atoms with E-state index in [4.69, 9.17) is 19.2 Å². The molecule has 3 aromatic rings. The lowest BCUT2D eigenvalue weighted by molar-refractivity contribution is -0.113. The molecule has 0 unspecified atom stereocenters. The Kier molecular flexibility index (Phi) is 6.22. The molecule has 0 radical (unpaired) electrons. The van der Waals surface area contributed by atoms with Crippen molar-refractivity contribution in [2.45, 2.75) is 6.92 Å². The first-order valence-corrected chi connectivity index (χ1v) is 10.3. The molecule has 6 heteroatoms. The summed E-state index contributed by atoms with van der Waals surface area (Å²) in [6.45, 7) is 2.54. The van der Waals surface area contributed by atoms with E-state index in [1.807, 2.05) is 79.7 Å². The van der Waals surface area contributed by atoms with Crippen molar-refractivity contribution in [1.82, 2.24) is 0 Å². The Morgan fingerprint density at radius 1 is 0.812 bits per heavy atom. The van der Waals surface area contributed by atoms with E-state index in [0.29, 0.717) is 29.6 Å². The van der Waals surface area contributed by atoms with Gasteiger partial charge in [0.1, 0.15) is 28.8 Å². The smallest absolute Gasteiger partial charge is 0.282 e. The van der Waals surface area contributed by atoms with E-state index in [2.05, 4.69) is 0 Å². The van der Waals surface area contributed by atoms with Crippen LogP contribution in [-0.4, -0.2) is 32.6 Å². The van der Waals surface area contributed by atoms with Crippen molar-refractivity contribution < 1.29 is 19.0 Å². The van der Waals surface area contributed by atoms with Crippen molar-refractivity contribution in [2.75, 3.05) is 25.7 Å². The van der Waals surface area contributed by atoms with Crippen LogP contribution in [0.3, 0.4) is 0 Å². The summed E-state index contributed by atoms with van der Waals surface area (Å²) in [4.78, 5) is 19.7. The number of methoxy groups -OCH3 is 2. The Bertz CT molecular complexity index is 1150. The molecule has 162 valence electrons. The van der Waals surface area contributed by atoms with Gasteiger partial charge in [-0.1, -0.05) is 12.1 Å². The average Bonchev–Trinajstić information content (AvgIpc) is 3.16. The van der Waals surface area contributed by atoms with Gasteiger partial charge in [0.15, 0.2) is 0 Å². The normalized spacial score (nSPS) is 14.5. The predicted octanol–water partition coefficient (Wildman–Crippen LogP) is 4.94. The predicted molar refractivity (Wildman–Crippen MR) is 126 cm³/mol. The second-order valence-corrected chi connectivity index (χ2v) is 7.03. The first kappa shape index (κ1) is 21.2. The van der Waals surface area contributed by atoms with E-state index in [1.165, 1.54) is 0 Å². The van der Waals surface area contributed by atoms with Gasteiger partial charge in [-0.25, -0.2) is 4.99 Å². The van der Waals surface area contributed by atoms with Crippen LogP contribution >= 0.6 is 0 Å². The first-order valence-electron chi connectivity index (χ1n) is 10.3. The van der Waals surface area contributed by atoms with E-state index in [9.17, 15) is 4.79 Å². The lowest BCUT2D eigenvalue weighted by atomic mass is 10.1. The third kappa shape index (κ3) is 4.34. The molecule has 0 N–H and O–H groups in total. The number of hydrogen-bond donors (Lipinski definition) is 0. The Hall–Kier alpha value is -4.06. The minimum atomic E-state index is -0.199. The van der Waals surface area contributed by atoms with Gasteiger partial charge in [-0.3, -0.25) is 9.69 Å². The summed E-state index contributed by atoms with van der Waals surface area (Å²) in [6, 6.07) is 22.4. The Labute approximate surface area is 187 Å². The van der Waals surface area contributed by atoms with Crippen molar-refractivity contribution in [3.8, 4) is 17.2 Å². The number of ether oxygens (including phenoxy) is 3. The van der Waals surface area contributed by atoms with Crippen molar-refractivity contribution in [1.29, 1.82) is 0 Å². The van der Waals surface area contributed by atoms with Crippen LogP contribution in [0.1, 0.15) is 18.1 Å². The van der Waals surface area contributed by atoms with Gasteiger partial charge >= 0.3 is 0 Å².